The van der Waals surface area contributed by atoms with Crippen LogP contribution in [-0.4, -0.2) is 4.98 Å². The lowest BCUT2D eigenvalue weighted by Crippen LogP contribution is -2.13. The van der Waals surface area contributed by atoms with Crippen molar-refractivity contribution in [3.63, 3.8) is 0 Å². The molecule has 0 aliphatic heterocycles. The lowest BCUT2D eigenvalue weighted by atomic mass is 10.1. The molecular formula is C9H12BrClN2. The third-order valence-corrected chi connectivity index (χ3v) is 2.94. The standard InChI is InChI=1S/C9H11BrN2.ClH/c10-9-7(2-1-5-12-9)8(11)6-3-4-6;/h1-2,5-6,8H,3-4,11H2;1H/t8-;/m1./s1. The molecule has 0 bridgehead atoms. The predicted octanol–water partition coefficient (Wildman–Crippen LogP) is 2.68. The Morgan fingerprint density at radius 3 is 2.77 bits per heavy atom. The minimum Gasteiger partial charge on any atom is -0.324 e. The van der Waals surface area contributed by atoms with Crippen LogP contribution in [0.15, 0.2) is 22.9 Å². The first kappa shape index (κ1) is 11.0. The molecule has 0 unspecified atom stereocenters. The van der Waals surface area contributed by atoms with Crippen LogP contribution in [0.3, 0.4) is 0 Å². The Morgan fingerprint density at radius 2 is 2.23 bits per heavy atom. The maximum atomic E-state index is 6.03. The van der Waals surface area contributed by atoms with Crippen LogP contribution >= 0.6 is 28.3 Å². The van der Waals surface area contributed by atoms with Gasteiger partial charge < -0.3 is 5.73 Å². The van der Waals surface area contributed by atoms with Gasteiger partial charge in [-0.25, -0.2) is 4.98 Å². The smallest absolute Gasteiger partial charge is 0.110 e. The molecule has 72 valence electrons. The van der Waals surface area contributed by atoms with Crippen LogP contribution in [0.4, 0.5) is 0 Å². The van der Waals surface area contributed by atoms with E-state index >= 15 is 0 Å². The monoisotopic (exact) mass is 262 g/mol. The van der Waals surface area contributed by atoms with Crippen LogP contribution in [0.25, 0.3) is 0 Å². The first-order chi connectivity index (χ1) is 5.79. The molecule has 0 radical (unpaired) electrons. The van der Waals surface area contributed by atoms with Gasteiger partial charge in [-0.2, -0.15) is 0 Å². The van der Waals surface area contributed by atoms with Crippen LogP contribution in [-0.2, 0) is 0 Å². The van der Waals surface area contributed by atoms with E-state index in [0.717, 1.165) is 10.2 Å². The van der Waals surface area contributed by atoms with Crippen LogP contribution in [0, 0.1) is 5.92 Å². The number of nitrogens with two attached hydrogens (primary N) is 1. The molecule has 2 N–H and O–H groups in total. The number of rotatable bonds is 2. The first-order valence-electron chi connectivity index (χ1n) is 4.15. The summed E-state index contributed by atoms with van der Waals surface area (Å²) in [7, 11) is 0. The molecule has 2 nitrogen and oxygen atoms in total. The highest BCUT2D eigenvalue weighted by Gasteiger charge is 2.30. The van der Waals surface area contributed by atoms with Crippen molar-refractivity contribution in [3.8, 4) is 0 Å². The summed E-state index contributed by atoms with van der Waals surface area (Å²) >= 11 is 3.40. The lowest BCUT2D eigenvalue weighted by molar-refractivity contribution is 0.627. The van der Waals surface area contributed by atoms with E-state index in [0.29, 0.717) is 5.92 Å². The maximum absolute atomic E-state index is 6.03. The van der Waals surface area contributed by atoms with E-state index in [2.05, 4.69) is 20.9 Å². The predicted molar refractivity (Wildman–Crippen MR) is 58.8 cm³/mol. The summed E-state index contributed by atoms with van der Waals surface area (Å²) in [5, 5.41) is 0. The Labute approximate surface area is 92.5 Å². The average molecular weight is 264 g/mol. The molecule has 0 aromatic carbocycles. The van der Waals surface area contributed by atoms with E-state index in [4.69, 9.17) is 5.73 Å². The quantitative estimate of drug-likeness (QED) is 0.833. The third kappa shape index (κ3) is 2.42. The third-order valence-electron chi connectivity index (χ3n) is 2.28. The van der Waals surface area contributed by atoms with Gasteiger partial charge in [-0.1, -0.05) is 6.07 Å². The molecule has 4 heteroatoms. The summed E-state index contributed by atoms with van der Waals surface area (Å²) < 4.78 is 0.893. The van der Waals surface area contributed by atoms with Crippen molar-refractivity contribution in [3.05, 3.63) is 28.5 Å². The number of hydrogen-bond acceptors (Lipinski definition) is 2. The summed E-state index contributed by atoms with van der Waals surface area (Å²) in [6, 6.07) is 4.15. The largest absolute Gasteiger partial charge is 0.324 e. The molecule has 13 heavy (non-hydrogen) atoms. The van der Waals surface area contributed by atoms with Gasteiger partial charge in [0.05, 0.1) is 0 Å². The zero-order valence-corrected chi connectivity index (χ0v) is 9.51. The van der Waals surface area contributed by atoms with Gasteiger partial charge in [-0.15, -0.1) is 12.4 Å². The van der Waals surface area contributed by atoms with Crippen molar-refractivity contribution < 1.29 is 0 Å². The molecule has 1 saturated carbocycles. The molecule has 0 saturated heterocycles. The summed E-state index contributed by atoms with van der Waals surface area (Å²) in [6.07, 6.45) is 4.30. The molecule has 2 rings (SSSR count). The van der Waals surface area contributed by atoms with Gasteiger partial charge in [0.15, 0.2) is 0 Å². The maximum Gasteiger partial charge on any atom is 0.110 e. The summed E-state index contributed by atoms with van der Waals surface area (Å²) in [6.45, 7) is 0. The molecule has 1 aromatic heterocycles. The summed E-state index contributed by atoms with van der Waals surface area (Å²) in [4.78, 5) is 4.15. The molecule has 1 aliphatic rings. The number of halogens is 2. The number of nitrogens with zero attached hydrogens (tertiary/aromatic N) is 1. The molecule has 1 fully saturated rings. The van der Waals surface area contributed by atoms with Crippen molar-refractivity contribution >= 4 is 28.3 Å². The minimum absolute atomic E-state index is 0. The van der Waals surface area contributed by atoms with Crippen LogP contribution < -0.4 is 5.73 Å². The van der Waals surface area contributed by atoms with E-state index in [1.807, 2.05) is 12.1 Å². The van der Waals surface area contributed by atoms with E-state index in [1.165, 1.54) is 12.8 Å². The Balaban J connectivity index is 0.000000845. The fourth-order valence-corrected chi connectivity index (χ4v) is 1.87. The summed E-state index contributed by atoms with van der Waals surface area (Å²) in [5.41, 5.74) is 7.17. The van der Waals surface area contributed by atoms with E-state index in [-0.39, 0.29) is 18.4 Å². The van der Waals surface area contributed by atoms with Crippen molar-refractivity contribution in [2.45, 2.75) is 18.9 Å². The fraction of sp³-hybridized carbons (Fsp3) is 0.444. The topological polar surface area (TPSA) is 38.9 Å². The number of pyridine rings is 1. The van der Waals surface area contributed by atoms with E-state index in [9.17, 15) is 0 Å². The van der Waals surface area contributed by atoms with Gasteiger partial charge in [-0.3, -0.25) is 0 Å². The molecule has 1 atom stereocenters. The second-order valence-corrected chi connectivity index (χ2v) is 4.00. The number of hydrogen-bond donors (Lipinski definition) is 1. The Kier molecular flexibility index (Phi) is 3.71. The Bertz CT molecular complexity index is 289. The Morgan fingerprint density at radius 1 is 1.54 bits per heavy atom. The minimum atomic E-state index is 0. The van der Waals surface area contributed by atoms with E-state index in [1.54, 1.807) is 6.20 Å². The highest BCUT2D eigenvalue weighted by molar-refractivity contribution is 9.10. The van der Waals surface area contributed by atoms with Crippen LogP contribution in [0.2, 0.25) is 0 Å². The highest BCUT2D eigenvalue weighted by atomic mass is 79.9. The van der Waals surface area contributed by atoms with Gasteiger partial charge in [-0.05, 0) is 40.8 Å². The zero-order chi connectivity index (χ0) is 8.55. The molecule has 1 heterocycles. The number of aromatic nitrogens is 1. The van der Waals surface area contributed by atoms with Crippen molar-refractivity contribution in [1.82, 2.24) is 4.98 Å². The zero-order valence-electron chi connectivity index (χ0n) is 7.11. The van der Waals surface area contributed by atoms with Gasteiger partial charge in [0.25, 0.3) is 0 Å². The second kappa shape index (κ2) is 4.40. The van der Waals surface area contributed by atoms with E-state index < -0.39 is 0 Å². The van der Waals surface area contributed by atoms with Crippen LogP contribution in [0.5, 0.6) is 0 Å². The molecule has 1 aliphatic carbocycles. The highest BCUT2D eigenvalue weighted by Crippen LogP contribution is 2.40. The van der Waals surface area contributed by atoms with Gasteiger partial charge in [0, 0.05) is 17.8 Å². The molecular weight excluding hydrogens is 251 g/mol. The van der Waals surface area contributed by atoms with Gasteiger partial charge >= 0.3 is 0 Å². The second-order valence-electron chi connectivity index (χ2n) is 3.25. The average Bonchev–Trinajstić information content (AvgIpc) is 2.86. The fourth-order valence-electron chi connectivity index (χ4n) is 1.36. The summed E-state index contributed by atoms with van der Waals surface area (Å²) in [5.74, 6) is 0.686. The van der Waals surface area contributed by atoms with Gasteiger partial charge in [0.1, 0.15) is 4.60 Å². The van der Waals surface area contributed by atoms with Crippen molar-refractivity contribution in [2.24, 2.45) is 11.7 Å². The van der Waals surface area contributed by atoms with Crippen molar-refractivity contribution in [1.29, 1.82) is 0 Å². The normalized spacial score (nSPS) is 17.7. The van der Waals surface area contributed by atoms with Gasteiger partial charge in [0.2, 0.25) is 0 Å². The SMILES string of the molecule is Cl.N[C@@H](c1cccnc1Br)C1CC1. The molecule has 0 spiro atoms. The van der Waals surface area contributed by atoms with Crippen LogP contribution in [0.1, 0.15) is 24.4 Å². The van der Waals surface area contributed by atoms with Crippen molar-refractivity contribution in [2.75, 3.05) is 0 Å². The lowest BCUT2D eigenvalue weighted by Gasteiger charge is -2.10. The molecule has 0 amide bonds. The Hall–Kier alpha value is -0.120. The first-order valence-corrected chi connectivity index (χ1v) is 4.94. The molecule has 1 aromatic rings.